The Kier molecular flexibility index (Phi) is 6.18. The zero-order valence-corrected chi connectivity index (χ0v) is 10.8. The summed E-state index contributed by atoms with van der Waals surface area (Å²) in [5.74, 6) is 0. The number of amides is 1. The molecule has 0 aliphatic carbocycles. The van der Waals surface area contributed by atoms with E-state index in [1.807, 2.05) is 49.3 Å². The van der Waals surface area contributed by atoms with Gasteiger partial charge in [0.25, 0.3) is 0 Å². The molecule has 1 rings (SSSR count). The maximum Gasteiger partial charge on any atom is 0.407 e. The fourth-order valence-electron chi connectivity index (χ4n) is 1.39. The lowest BCUT2D eigenvalue weighted by Crippen LogP contribution is -2.42. The van der Waals surface area contributed by atoms with Crippen LogP contribution in [0.3, 0.4) is 0 Å². The molecular weight excluding hydrogens is 232 g/mol. The van der Waals surface area contributed by atoms with E-state index in [1.165, 1.54) is 0 Å². The number of ether oxygens (including phenoxy) is 1. The molecular formula is C13H20N2O3. The number of aliphatic hydroxyl groups is 1. The molecule has 5 nitrogen and oxygen atoms in total. The van der Waals surface area contributed by atoms with Crippen molar-refractivity contribution in [2.75, 3.05) is 27.2 Å². The Hall–Kier alpha value is -1.59. The number of aliphatic hydroxyl groups excluding tert-OH is 1. The van der Waals surface area contributed by atoms with Crippen LogP contribution in [0.25, 0.3) is 0 Å². The first-order valence-corrected chi connectivity index (χ1v) is 5.85. The van der Waals surface area contributed by atoms with Gasteiger partial charge in [0.15, 0.2) is 0 Å². The number of nitrogens with one attached hydrogen (secondary N) is 1. The number of nitrogens with zero attached hydrogens (tertiary/aromatic N) is 1. The van der Waals surface area contributed by atoms with E-state index in [-0.39, 0.29) is 19.3 Å². The summed E-state index contributed by atoms with van der Waals surface area (Å²) in [6.45, 7) is 0.599. The lowest BCUT2D eigenvalue weighted by molar-refractivity contribution is 0.128. The van der Waals surface area contributed by atoms with Gasteiger partial charge in [0.05, 0.1) is 6.61 Å². The first-order chi connectivity index (χ1) is 8.63. The highest BCUT2D eigenvalue weighted by Crippen LogP contribution is 2.00. The summed E-state index contributed by atoms with van der Waals surface area (Å²) in [5.41, 5.74) is 0.943. The van der Waals surface area contributed by atoms with Gasteiger partial charge in [0.2, 0.25) is 0 Å². The molecule has 0 aromatic heterocycles. The van der Waals surface area contributed by atoms with Gasteiger partial charge in [0, 0.05) is 12.6 Å². The first kappa shape index (κ1) is 14.5. The minimum absolute atomic E-state index is 0.00797. The van der Waals surface area contributed by atoms with Gasteiger partial charge < -0.3 is 20.1 Å². The summed E-state index contributed by atoms with van der Waals surface area (Å²) in [5, 5.41) is 11.7. The topological polar surface area (TPSA) is 61.8 Å². The van der Waals surface area contributed by atoms with Crippen molar-refractivity contribution >= 4 is 6.09 Å². The van der Waals surface area contributed by atoms with Crippen molar-refractivity contribution in [2.45, 2.75) is 12.6 Å². The molecule has 0 spiro atoms. The number of alkyl carbamates (subject to hydrolysis) is 1. The molecule has 0 aliphatic heterocycles. The molecule has 18 heavy (non-hydrogen) atoms. The van der Waals surface area contributed by atoms with E-state index in [9.17, 15) is 4.79 Å². The van der Waals surface area contributed by atoms with Crippen molar-refractivity contribution in [1.29, 1.82) is 0 Å². The molecule has 1 aromatic rings. The number of carbonyl (C=O) groups excluding carboxylic acids is 1. The van der Waals surface area contributed by atoms with Crippen LogP contribution in [0.2, 0.25) is 0 Å². The monoisotopic (exact) mass is 252 g/mol. The van der Waals surface area contributed by atoms with E-state index < -0.39 is 6.09 Å². The zero-order chi connectivity index (χ0) is 13.4. The van der Waals surface area contributed by atoms with Crippen LogP contribution in [0.5, 0.6) is 0 Å². The Morgan fingerprint density at radius 3 is 2.61 bits per heavy atom. The second-order valence-corrected chi connectivity index (χ2v) is 4.24. The largest absolute Gasteiger partial charge is 0.445 e. The maximum atomic E-state index is 11.4. The number of likely N-dealkylation sites (N-methyl/N-ethyl adjacent to an activating group) is 1. The van der Waals surface area contributed by atoms with Crippen LogP contribution in [0.1, 0.15) is 5.56 Å². The maximum absolute atomic E-state index is 11.4. The molecule has 0 bridgehead atoms. The lowest BCUT2D eigenvalue weighted by atomic mass is 10.2. The number of hydrogen-bond donors (Lipinski definition) is 2. The number of carbonyl (C=O) groups is 1. The molecule has 100 valence electrons. The third kappa shape index (κ3) is 5.16. The summed E-state index contributed by atoms with van der Waals surface area (Å²) in [6.07, 6.45) is -0.473. The molecule has 2 N–H and O–H groups in total. The number of hydrogen-bond acceptors (Lipinski definition) is 4. The number of rotatable bonds is 6. The average Bonchev–Trinajstić information content (AvgIpc) is 2.38. The van der Waals surface area contributed by atoms with Crippen molar-refractivity contribution < 1.29 is 14.6 Å². The third-order valence-corrected chi connectivity index (χ3v) is 2.64. The fraction of sp³-hybridized carbons (Fsp3) is 0.462. The predicted molar refractivity (Wildman–Crippen MR) is 69.2 cm³/mol. The van der Waals surface area contributed by atoms with Gasteiger partial charge in [-0.3, -0.25) is 0 Å². The van der Waals surface area contributed by atoms with E-state index in [1.54, 1.807) is 0 Å². The highest BCUT2D eigenvalue weighted by atomic mass is 16.5. The van der Waals surface area contributed by atoms with E-state index in [0.29, 0.717) is 6.54 Å². The Morgan fingerprint density at radius 1 is 1.39 bits per heavy atom. The third-order valence-electron chi connectivity index (χ3n) is 2.64. The van der Waals surface area contributed by atoms with E-state index in [4.69, 9.17) is 9.84 Å². The molecule has 0 heterocycles. The fourth-order valence-corrected chi connectivity index (χ4v) is 1.39. The van der Waals surface area contributed by atoms with E-state index in [2.05, 4.69) is 5.32 Å². The highest BCUT2D eigenvalue weighted by molar-refractivity contribution is 5.67. The van der Waals surface area contributed by atoms with E-state index in [0.717, 1.165) is 5.56 Å². The quantitative estimate of drug-likeness (QED) is 0.787. The summed E-state index contributed by atoms with van der Waals surface area (Å²) in [4.78, 5) is 13.3. The minimum atomic E-state index is -0.473. The van der Waals surface area contributed by atoms with Crippen LogP contribution in [-0.2, 0) is 11.3 Å². The van der Waals surface area contributed by atoms with Gasteiger partial charge in [-0.05, 0) is 19.7 Å². The van der Waals surface area contributed by atoms with Crippen LogP contribution in [0.15, 0.2) is 30.3 Å². The molecule has 0 saturated carbocycles. The molecule has 1 amide bonds. The first-order valence-electron chi connectivity index (χ1n) is 5.85. The number of benzene rings is 1. The summed E-state index contributed by atoms with van der Waals surface area (Å²) in [6, 6.07) is 9.38. The van der Waals surface area contributed by atoms with Gasteiger partial charge in [0.1, 0.15) is 6.61 Å². The van der Waals surface area contributed by atoms with Crippen molar-refractivity contribution in [1.82, 2.24) is 10.2 Å². The molecule has 0 unspecified atom stereocenters. The van der Waals surface area contributed by atoms with Gasteiger partial charge >= 0.3 is 6.09 Å². The Morgan fingerprint density at radius 2 is 2.06 bits per heavy atom. The van der Waals surface area contributed by atoms with Crippen molar-refractivity contribution in [3.05, 3.63) is 35.9 Å². The van der Waals surface area contributed by atoms with Crippen molar-refractivity contribution in [3.8, 4) is 0 Å². The van der Waals surface area contributed by atoms with Crippen molar-refractivity contribution in [3.63, 3.8) is 0 Å². The average molecular weight is 252 g/mol. The second kappa shape index (κ2) is 7.68. The molecule has 0 fully saturated rings. The molecule has 0 aliphatic rings. The Balaban J connectivity index is 2.26. The van der Waals surface area contributed by atoms with E-state index >= 15 is 0 Å². The minimum Gasteiger partial charge on any atom is -0.445 e. The van der Waals surface area contributed by atoms with Crippen molar-refractivity contribution in [2.24, 2.45) is 0 Å². The molecule has 0 saturated heterocycles. The molecule has 1 aromatic carbocycles. The van der Waals surface area contributed by atoms with Gasteiger partial charge in [-0.2, -0.15) is 0 Å². The van der Waals surface area contributed by atoms with Gasteiger partial charge in [-0.15, -0.1) is 0 Å². The van der Waals surface area contributed by atoms with Crippen LogP contribution in [-0.4, -0.2) is 49.4 Å². The highest BCUT2D eigenvalue weighted by Gasteiger charge is 2.11. The molecule has 0 radical (unpaired) electrons. The van der Waals surface area contributed by atoms with Gasteiger partial charge in [-0.1, -0.05) is 30.3 Å². The second-order valence-electron chi connectivity index (χ2n) is 4.24. The van der Waals surface area contributed by atoms with Gasteiger partial charge in [-0.25, -0.2) is 4.79 Å². The zero-order valence-electron chi connectivity index (χ0n) is 10.8. The Bertz CT molecular complexity index is 355. The molecule has 5 heteroatoms. The van der Waals surface area contributed by atoms with Crippen LogP contribution < -0.4 is 5.32 Å². The standard InChI is InChI=1S/C13H20N2O3/c1-15(2)12(9-16)8-14-13(17)18-10-11-6-4-3-5-7-11/h3-7,12,16H,8-10H2,1-2H3,(H,14,17)/t12-/m0/s1. The smallest absolute Gasteiger partial charge is 0.407 e. The van der Waals surface area contributed by atoms with Crippen LogP contribution in [0.4, 0.5) is 4.79 Å². The normalized spacial score (nSPS) is 12.2. The SMILES string of the molecule is CN(C)[C@H](CO)CNC(=O)OCc1ccccc1. The lowest BCUT2D eigenvalue weighted by Gasteiger charge is -2.21. The Labute approximate surface area is 107 Å². The molecule has 1 atom stereocenters. The summed E-state index contributed by atoms with van der Waals surface area (Å²) < 4.78 is 5.05. The van der Waals surface area contributed by atoms with Crippen LogP contribution in [0, 0.1) is 0 Å². The summed E-state index contributed by atoms with van der Waals surface area (Å²) >= 11 is 0. The predicted octanol–water partition coefficient (Wildman–Crippen LogP) is 0.835. The van der Waals surface area contributed by atoms with Crippen LogP contribution >= 0.6 is 0 Å². The summed E-state index contributed by atoms with van der Waals surface area (Å²) in [7, 11) is 3.69.